The minimum absolute atomic E-state index is 0.00681. The Morgan fingerprint density at radius 1 is 1.23 bits per heavy atom. The zero-order chi connectivity index (χ0) is 19.4. The second kappa shape index (κ2) is 8.21. The van der Waals surface area contributed by atoms with E-state index in [1.165, 1.54) is 0 Å². The smallest absolute Gasteiger partial charge is 0.257 e. The van der Waals surface area contributed by atoms with Crippen LogP contribution < -0.4 is 10.1 Å². The average molecular weight is 359 g/mol. The van der Waals surface area contributed by atoms with Crippen LogP contribution in [0, 0.1) is 19.7 Å². The number of phenolic OH excluding ortho intramolecular Hbond substituents is 1. The number of phenols is 1. The van der Waals surface area contributed by atoms with Crippen molar-refractivity contribution >= 4 is 5.91 Å². The van der Waals surface area contributed by atoms with Crippen molar-refractivity contribution in [2.24, 2.45) is 0 Å². The molecule has 4 nitrogen and oxygen atoms in total. The Kier molecular flexibility index (Phi) is 6.24. The fourth-order valence-electron chi connectivity index (χ4n) is 3.04. The van der Waals surface area contributed by atoms with Gasteiger partial charge in [-0.25, -0.2) is 4.39 Å². The fraction of sp³-hybridized carbons (Fsp3) is 0.381. The molecule has 0 fully saturated rings. The number of benzene rings is 2. The van der Waals surface area contributed by atoms with Gasteiger partial charge < -0.3 is 15.2 Å². The van der Waals surface area contributed by atoms with Crippen molar-refractivity contribution in [1.82, 2.24) is 5.32 Å². The quantitative estimate of drug-likeness (QED) is 0.820. The van der Waals surface area contributed by atoms with E-state index in [1.807, 2.05) is 39.8 Å². The zero-order valence-electron chi connectivity index (χ0n) is 15.9. The van der Waals surface area contributed by atoms with Crippen LogP contribution in [0.5, 0.6) is 11.5 Å². The lowest BCUT2D eigenvalue weighted by molar-refractivity contribution is -0.122. The molecule has 0 aliphatic carbocycles. The van der Waals surface area contributed by atoms with Crippen molar-refractivity contribution < 1.29 is 19.0 Å². The Hall–Kier alpha value is -2.56. The Morgan fingerprint density at radius 3 is 2.38 bits per heavy atom. The topological polar surface area (TPSA) is 58.6 Å². The van der Waals surface area contributed by atoms with Crippen molar-refractivity contribution in [3.05, 3.63) is 57.9 Å². The summed E-state index contributed by atoms with van der Waals surface area (Å²) in [6.07, 6.45) is 0.430. The van der Waals surface area contributed by atoms with E-state index in [0.29, 0.717) is 23.3 Å². The Balaban J connectivity index is 2.31. The highest BCUT2D eigenvalue weighted by Gasteiger charge is 2.17. The first kappa shape index (κ1) is 19.8. The SMILES string of the molecule is CNC(=O)COc1cc(C)c(Cc2ccc(O)c(C(C)C)c2F)c(C)c1. The second-order valence-corrected chi connectivity index (χ2v) is 6.80. The highest BCUT2D eigenvalue weighted by molar-refractivity contribution is 5.77. The molecule has 0 spiro atoms. The first-order chi connectivity index (χ1) is 12.2. The van der Waals surface area contributed by atoms with E-state index in [4.69, 9.17) is 4.74 Å². The number of ether oxygens (including phenoxy) is 1. The third-order valence-electron chi connectivity index (χ3n) is 4.50. The van der Waals surface area contributed by atoms with E-state index < -0.39 is 0 Å². The highest BCUT2D eigenvalue weighted by atomic mass is 19.1. The van der Waals surface area contributed by atoms with Crippen molar-refractivity contribution in [2.45, 2.75) is 40.0 Å². The van der Waals surface area contributed by atoms with Gasteiger partial charge >= 0.3 is 0 Å². The predicted octanol–water partition coefficient (Wildman–Crippen LogP) is 3.99. The predicted molar refractivity (Wildman–Crippen MR) is 100 cm³/mol. The molecule has 140 valence electrons. The van der Waals surface area contributed by atoms with Crippen LogP contribution in [0.2, 0.25) is 0 Å². The van der Waals surface area contributed by atoms with Gasteiger partial charge in [-0.05, 0) is 60.2 Å². The van der Waals surface area contributed by atoms with E-state index in [2.05, 4.69) is 5.32 Å². The van der Waals surface area contributed by atoms with Crippen LogP contribution in [-0.4, -0.2) is 24.7 Å². The van der Waals surface area contributed by atoms with E-state index in [0.717, 1.165) is 16.7 Å². The first-order valence-corrected chi connectivity index (χ1v) is 8.68. The van der Waals surface area contributed by atoms with Crippen LogP contribution in [0.4, 0.5) is 4.39 Å². The number of nitrogens with one attached hydrogen (secondary N) is 1. The molecule has 2 N–H and O–H groups in total. The average Bonchev–Trinajstić information content (AvgIpc) is 2.57. The molecule has 0 unspecified atom stereocenters. The molecule has 0 saturated heterocycles. The normalized spacial score (nSPS) is 10.9. The molecule has 2 aromatic carbocycles. The molecule has 0 aliphatic rings. The van der Waals surface area contributed by atoms with E-state index >= 15 is 0 Å². The summed E-state index contributed by atoms with van der Waals surface area (Å²) >= 11 is 0. The molecule has 5 heteroatoms. The standard InChI is InChI=1S/C21H26FNO3/c1-12(2)20-18(24)7-6-15(21(20)22)10-17-13(3)8-16(9-14(17)4)26-11-19(25)23-5/h6-9,12,24H,10-11H2,1-5H3,(H,23,25). The van der Waals surface area contributed by atoms with Gasteiger partial charge in [-0.2, -0.15) is 0 Å². The second-order valence-electron chi connectivity index (χ2n) is 6.80. The minimum Gasteiger partial charge on any atom is -0.508 e. The van der Waals surface area contributed by atoms with Gasteiger partial charge in [0, 0.05) is 19.0 Å². The molecule has 2 aromatic rings. The Bertz CT molecular complexity index is 792. The monoisotopic (exact) mass is 359 g/mol. The van der Waals surface area contributed by atoms with Crippen molar-refractivity contribution in [3.63, 3.8) is 0 Å². The van der Waals surface area contributed by atoms with Gasteiger partial charge in [0.2, 0.25) is 0 Å². The van der Waals surface area contributed by atoms with Crippen LogP contribution in [0.15, 0.2) is 24.3 Å². The largest absolute Gasteiger partial charge is 0.508 e. The molecule has 1 amide bonds. The number of aryl methyl sites for hydroxylation is 2. The Labute approximate surface area is 154 Å². The maximum absolute atomic E-state index is 14.8. The van der Waals surface area contributed by atoms with Gasteiger partial charge in [-0.1, -0.05) is 19.9 Å². The minimum atomic E-state index is -0.348. The van der Waals surface area contributed by atoms with Gasteiger partial charge in [0.25, 0.3) is 5.91 Å². The molecule has 0 saturated carbocycles. The van der Waals surface area contributed by atoms with Gasteiger partial charge in [-0.3, -0.25) is 4.79 Å². The number of hydrogen-bond donors (Lipinski definition) is 2. The summed E-state index contributed by atoms with van der Waals surface area (Å²) in [7, 11) is 1.56. The highest BCUT2D eigenvalue weighted by Crippen LogP contribution is 2.32. The zero-order valence-corrected chi connectivity index (χ0v) is 15.9. The molecule has 0 aliphatic heterocycles. The van der Waals surface area contributed by atoms with Crippen LogP contribution in [0.1, 0.15) is 47.6 Å². The molecule has 0 radical (unpaired) electrons. The number of carbonyl (C=O) groups excluding carboxylic acids is 1. The van der Waals surface area contributed by atoms with Gasteiger partial charge in [0.15, 0.2) is 6.61 Å². The molecule has 0 atom stereocenters. The number of rotatable bonds is 6. The number of halogens is 1. The third kappa shape index (κ3) is 4.34. The van der Waals surface area contributed by atoms with Gasteiger partial charge in [0.05, 0.1) is 0 Å². The molecule has 0 aromatic heterocycles. The van der Waals surface area contributed by atoms with Crippen molar-refractivity contribution in [1.29, 1.82) is 0 Å². The molecule has 2 rings (SSSR count). The summed E-state index contributed by atoms with van der Waals surface area (Å²) in [5.74, 6) is -0.0397. The summed E-state index contributed by atoms with van der Waals surface area (Å²) in [4.78, 5) is 11.3. The lowest BCUT2D eigenvalue weighted by Crippen LogP contribution is -2.24. The third-order valence-corrected chi connectivity index (χ3v) is 4.50. The molecular formula is C21H26FNO3. The van der Waals surface area contributed by atoms with E-state index in [-0.39, 0.29) is 30.0 Å². The number of amides is 1. The van der Waals surface area contributed by atoms with Gasteiger partial charge in [-0.15, -0.1) is 0 Å². The van der Waals surface area contributed by atoms with Crippen LogP contribution in [0.3, 0.4) is 0 Å². The first-order valence-electron chi connectivity index (χ1n) is 8.68. The number of hydrogen-bond acceptors (Lipinski definition) is 3. The number of carbonyl (C=O) groups is 1. The number of likely N-dealkylation sites (N-methyl/N-ethyl adjacent to an activating group) is 1. The van der Waals surface area contributed by atoms with E-state index in [1.54, 1.807) is 19.2 Å². The van der Waals surface area contributed by atoms with Crippen LogP contribution in [-0.2, 0) is 11.2 Å². The Morgan fingerprint density at radius 2 is 1.85 bits per heavy atom. The summed E-state index contributed by atoms with van der Waals surface area (Å²) in [6, 6.07) is 6.89. The van der Waals surface area contributed by atoms with Crippen LogP contribution >= 0.6 is 0 Å². The summed E-state index contributed by atoms with van der Waals surface area (Å²) < 4.78 is 20.3. The molecule has 0 heterocycles. The molecule has 26 heavy (non-hydrogen) atoms. The van der Waals surface area contributed by atoms with E-state index in [9.17, 15) is 14.3 Å². The fourth-order valence-corrected chi connectivity index (χ4v) is 3.04. The maximum atomic E-state index is 14.8. The van der Waals surface area contributed by atoms with Crippen LogP contribution in [0.25, 0.3) is 0 Å². The maximum Gasteiger partial charge on any atom is 0.257 e. The summed E-state index contributed by atoms with van der Waals surface area (Å²) in [5.41, 5.74) is 3.85. The lowest BCUT2D eigenvalue weighted by Gasteiger charge is -2.16. The molecule has 0 bridgehead atoms. The lowest BCUT2D eigenvalue weighted by atomic mass is 9.92. The van der Waals surface area contributed by atoms with Gasteiger partial charge in [0.1, 0.15) is 17.3 Å². The van der Waals surface area contributed by atoms with Crippen molar-refractivity contribution in [2.75, 3.05) is 13.7 Å². The summed E-state index contributed by atoms with van der Waals surface area (Å²) in [5, 5.41) is 12.4. The number of aromatic hydroxyl groups is 1. The van der Waals surface area contributed by atoms with Crippen molar-refractivity contribution in [3.8, 4) is 11.5 Å². The molecular weight excluding hydrogens is 333 g/mol. The summed E-state index contributed by atoms with van der Waals surface area (Å²) in [6.45, 7) is 7.56.